The van der Waals surface area contributed by atoms with Gasteiger partial charge in [0.25, 0.3) is 11.6 Å². The molecule has 2 aromatic carbocycles. The third-order valence-corrected chi connectivity index (χ3v) is 4.05. The van der Waals surface area contributed by atoms with Crippen molar-refractivity contribution in [2.45, 2.75) is 0 Å². The number of carbonyl (C=O) groups excluding carboxylic acids is 1. The van der Waals surface area contributed by atoms with Gasteiger partial charge in [-0.3, -0.25) is 20.2 Å². The molecule has 0 saturated heterocycles. The largest absolute Gasteiger partial charge is 0.494 e. The highest BCUT2D eigenvalue weighted by Gasteiger charge is 2.17. The Morgan fingerprint density at radius 2 is 2.04 bits per heavy atom. The van der Waals surface area contributed by atoms with Crippen molar-refractivity contribution in [2.24, 2.45) is 0 Å². The van der Waals surface area contributed by atoms with E-state index in [2.05, 4.69) is 10.3 Å². The molecule has 0 bridgehead atoms. The number of nitrogens with one attached hydrogen (secondary N) is 1. The highest BCUT2D eigenvalue weighted by molar-refractivity contribution is 7.22. The summed E-state index contributed by atoms with van der Waals surface area (Å²) in [6, 6.07) is 11.4. The van der Waals surface area contributed by atoms with Crippen molar-refractivity contribution in [2.75, 3.05) is 12.4 Å². The lowest BCUT2D eigenvalue weighted by atomic mass is 10.2. The second-order valence-electron chi connectivity index (χ2n) is 4.59. The van der Waals surface area contributed by atoms with Crippen LogP contribution in [0.25, 0.3) is 10.2 Å². The number of hydrogen-bond donors (Lipinski definition) is 1. The van der Waals surface area contributed by atoms with Crippen LogP contribution in [-0.2, 0) is 0 Å². The molecule has 3 aromatic rings. The van der Waals surface area contributed by atoms with E-state index in [9.17, 15) is 14.9 Å². The molecule has 0 spiro atoms. The van der Waals surface area contributed by atoms with Crippen LogP contribution in [0.3, 0.4) is 0 Å². The minimum atomic E-state index is -0.496. The topological polar surface area (TPSA) is 94.4 Å². The maximum absolute atomic E-state index is 12.1. The van der Waals surface area contributed by atoms with E-state index < -0.39 is 4.92 Å². The van der Waals surface area contributed by atoms with Crippen LogP contribution in [0.1, 0.15) is 10.4 Å². The van der Waals surface area contributed by atoms with Crippen molar-refractivity contribution < 1.29 is 14.5 Å². The van der Waals surface area contributed by atoms with Gasteiger partial charge in [0, 0.05) is 11.6 Å². The van der Waals surface area contributed by atoms with Gasteiger partial charge in [-0.15, -0.1) is 0 Å². The predicted molar refractivity (Wildman–Crippen MR) is 87.2 cm³/mol. The standard InChI is InChI=1S/C15H11N3O4S/c1-22-11-7-10(18(20)21)8-12-13(11)16-15(23-12)17-14(19)9-5-3-2-4-6-9/h2-8H,1H3,(H,16,17,19). The Morgan fingerprint density at radius 1 is 1.30 bits per heavy atom. The van der Waals surface area contributed by atoms with Gasteiger partial charge in [-0.1, -0.05) is 29.5 Å². The molecule has 0 aliphatic heterocycles. The van der Waals surface area contributed by atoms with Crippen molar-refractivity contribution in [3.63, 3.8) is 0 Å². The number of non-ortho nitro benzene ring substituents is 1. The van der Waals surface area contributed by atoms with Crippen LogP contribution in [0.4, 0.5) is 10.8 Å². The molecule has 116 valence electrons. The molecule has 1 amide bonds. The molecule has 0 saturated carbocycles. The fourth-order valence-electron chi connectivity index (χ4n) is 2.06. The van der Waals surface area contributed by atoms with Gasteiger partial charge in [0.05, 0.1) is 22.8 Å². The number of benzene rings is 2. The Labute approximate surface area is 134 Å². The molecule has 1 heterocycles. The van der Waals surface area contributed by atoms with Crippen LogP contribution < -0.4 is 10.1 Å². The number of methoxy groups -OCH3 is 1. The Hall–Kier alpha value is -3.00. The first-order chi connectivity index (χ1) is 11.1. The molecule has 0 radical (unpaired) electrons. The number of aromatic nitrogens is 1. The number of thiazole rings is 1. The summed E-state index contributed by atoms with van der Waals surface area (Å²) in [4.78, 5) is 26.9. The quantitative estimate of drug-likeness (QED) is 0.584. The van der Waals surface area contributed by atoms with Gasteiger partial charge in [-0.25, -0.2) is 4.98 Å². The zero-order valence-corrected chi connectivity index (χ0v) is 12.8. The Bertz CT molecular complexity index is 892. The number of anilines is 1. The summed E-state index contributed by atoms with van der Waals surface area (Å²) in [5, 5.41) is 14.0. The summed E-state index contributed by atoms with van der Waals surface area (Å²) in [6.07, 6.45) is 0. The van der Waals surface area contributed by atoms with Crippen LogP contribution in [0.15, 0.2) is 42.5 Å². The molecule has 7 nitrogen and oxygen atoms in total. The lowest BCUT2D eigenvalue weighted by molar-refractivity contribution is -0.384. The second kappa shape index (κ2) is 6.01. The van der Waals surface area contributed by atoms with Gasteiger partial charge in [0.1, 0.15) is 5.52 Å². The van der Waals surface area contributed by atoms with Gasteiger partial charge in [0.15, 0.2) is 10.9 Å². The molecular formula is C15H11N3O4S. The highest BCUT2D eigenvalue weighted by atomic mass is 32.1. The van der Waals surface area contributed by atoms with Gasteiger partial charge in [0.2, 0.25) is 0 Å². The van der Waals surface area contributed by atoms with Gasteiger partial charge in [-0.05, 0) is 12.1 Å². The van der Waals surface area contributed by atoms with Gasteiger partial charge < -0.3 is 4.74 Å². The summed E-state index contributed by atoms with van der Waals surface area (Å²) < 4.78 is 5.72. The molecule has 3 rings (SSSR count). The smallest absolute Gasteiger partial charge is 0.274 e. The molecule has 0 fully saturated rings. The zero-order chi connectivity index (χ0) is 16.4. The molecule has 1 N–H and O–H groups in total. The number of amides is 1. The van der Waals surface area contributed by atoms with Crippen LogP contribution >= 0.6 is 11.3 Å². The SMILES string of the molecule is COc1cc([N+](=O)[O-])cc2sc(NC(=O)c3ccccc3)nc12. The average Bonchev–Trinajstić information content (AvgIpc) is 2.96. The number of fused-ring (bicyclic) bond motifs is 1. The van der Waals surface area contributed by atoms with Crippen molar-refractivity contribution in [3.8, 4) is 5.75 Å². The Morgan fingerprint density at radius 3 is 2.70 bits per heavy atom. The highest BCUT2D eigenvalue weighted by Crippen LogP contribution is 2.36. The van der Waals surface area contributed by atoms with E-state index >= 15 is 0 Å². The summed E-state index contributed by atoms with van der Waals surface area (Å²) in [5.41, 5.74) is 0.898. The zero-order valence-electron chi connectivity index (χ0n) is 12.0. The van der Waals surface area contributed by atoms with E-state index in [-0.39, 0.29) is 11.6 Å². The van der Waals surface area contributed by atoms with E-state index in [1.165, 1.54) is 19.2 Å². The molecular weight excluding hydrogens is 318 g/mol. The Balaban J connectivity index is 1.97. The van der Waals surface area contributed by atoms with E-state index in [0.29, 0.717) is 26.7 Å². The van der Waals surface area contributed by atoms with Crippen LogP contribution in [0.2, 0.25) is 0 Å². The van der Waals surface area contributed by atoms with Crippen molar-refractivity contribution in [3.05, 3.63) is 58.1 Å². The third-order valence-electron chi connectivity index (χ3n) is 3.13. The minimum absolute atomic E-state index is 0.0843. The molecule has 0 unspecified atom stereocenters. The summed E-state index contributed by atoms with van der Waals surface area (Å²) in [7, 11) is 1.42. The number of nitrogens with zero attached hydrogens (tertiary/aromatic N) is 2. The number of nitro benzene ring substituents is 1. The normalized spacial score (nSPS) is 10.5. The molecule has 0 atom stereocenters. The number of rotatable bonds is 4. The van der Waals surface area contributed by atoms with E-state index in [0.717, 1.165) is 11.3 Å². The number of ether oxygens (including phenoxy) is 1. The van der Waals surface area contributed by atoms with Crippen molar-refractivity contribution >= 4 is 38.3 Å². The van der Waals surface area contributed by atoms with Gasteiger partial charge >= 0.3 is 0 Å². The van der Waals surface area contributed by atoms with Crippen molar-refractivity contribution in [1.82, 2.24) is 4.98 Å². The molecule has 0 aliphatic rings. The fourth-order valence-corrected chi connectivity index (χ4v) is 2.97. The molecule has 8 heteroatoms. The Kier molecular flexibility index (Phi) is 3.90. The first-order valence-electron chi connectivity index (χ1n) is 6.58. The van der Waals surface area contributed by atoms with E-state index in [1.807, 2.05) is 6.07 Å². The summed E-state index contributed by atoms with van der Waals surface area (Å²) in [5.74, 6) is 0.00350. The molecule has 0 aliphatic carbocycles. The van der Waals surface area contributed by atoms with Crippen LogP contribution in [0, 0.1) is 10.1 Å². The summed E-state index contributed by atoms with van der Waals surface area (Å²) in [6.45, 7) is 0. The number of carbonyl (C=O) groups is 1. The van der Waals surface area contributed by atoms with E-state index in [4.69, 9.17) is 4.74 Å². The lowest BCUT2D eigenvalue weighted by Gasteiger charge is -2.00. The third kappa shape index (κ3) is 2.97. The van der Waals surface area contributed by atoms with E-state index in [1.54, 1.807) is 24.3 Å². The van der Waals surface area contributed by atoms with Crippen LogP contribution in [-0.4, -0.2) is 22.9 Å². The minimum Gasteiger partial charge on any atom is -0.494 e. The number of nitro groups is 1. The first kappa shape index (κ1) is 14.9. The fraction of sp³-hybridized carbons (Fsp3) is 0.0667. The lowest BCUT2D eigenvalue weighted by Crippen LogP contribution is -2.11. The van der Waals surface area contributed by atoms with Crippen LogP contribution in [0.5, 0.6) is 5.75 Å². The second-order valence-corrected chi connectivity index (χ2v) is 5.62. The maximum atomic E-state index is 12.1. The van der Waals surface area contributed by atoms with Crippen molar-refractivity contribution in [1.29, 1.82) is 0 Å². The number of hydrogen-bond acceptors (Lipinski definition) is 6. The van der Waals surface area contributed by atoms with Gasteiger partial charge in [-0.2, -0.15) is 0 Å². The summed E-state index contributed by atoms with van der Waals surface area (Å²) >= 11 is 1.15. The predicted octanol–water partition coefficient (Wildman–Crippen LogP) is 3.47. The first-order valence-corrected chi connectivity index (χ1v) is 7.39. The average molecular weight is 329 g/mol. The molecule has 23 heavy (non-hydrogen) atoms. The monoisotopic (exact) mass is 329 g/mol. The maximum Gasteiger partial charge on any atom is 0.274 e. The molecule has 1 aromatic heterocycles.